The summed E-state index contributed by atoms with van der Waals surface area (Å²) in [7, 11) is 0. The van der Waals surface area contributed by atoms with E-state index in [0.29, 0.717) is 35.7 Å². The van der Waals surface area contributed by atoms with Gasteiger partial charge in [-0.25, -0.2) is 9.97 Å². The fourth-order valence-corrected chi connectivity index (χ4v) is 4.69. The second-order valence-corrected chi connectivity index (χ2v) is 8.57. The fraction of sp³-hybridized carbons (Fsp3) is 0.320. The van der Waals surface area contributed by atoms with Crippen LogP contribution in [0.15, 0.2) is 47.4 Å². The van der Waals surface area contributed by atoms with Crippen molar-refractivity contribution < 1.29 is 9.59 Å². The van der Waals surface area contributed by atoms with E-state index in [2.05, 4.69) is 20.3 Å². The number of aromatic amines is 1. The zero-order valence-electron chi connectivity index (χ0n) is 18.4. The molecule has 0 spiro atoms. The first-order valence-corrected chi connectivity index (χ1v) is 11.3. The maximum atomic E-state index is 13.3. The first-order valence-electron chi connectivity index (χ1n) is 11.3. The van der Waals surface area contributed by atoms with Crippen LogP contribution >= 0.6 is 0 Å². The molecule has 1 aliphatic carbocycles. The molecule has 8 nitrogen and oxygen atoms in total. The number of pyridine rings is 1. The number of likely N-dealkylation sites (tertiary alicyclic amines) is 1. The molecule has 0 radical (unpaired) electrons. The number of nitrogens with zero attached hydrogens (tertiary/aromatic N) is 3. The number of aryl methyl sites for hydroxylation is 3. The van der Waals surface area contributed by atoms with Gasteiger partial charge in [-0.2, -0.15) is 0 Å². The van der Waals surface area contributed by atoms with Crippen LogP contribution in [0.5, 0.6) is 0 Å². The number of hydrogen-bond acceptors (Lipinski definition) is 5. The zero-order chi connectivity index (χ0) is 22.9. The predicted octanol–water partition coefficient (Wildman–Crippen LogP) is 3.19. The number of carbonyl (C=O) groups excluding carboxylic acids is 2. The van der Waals surface area contributed by atoms with Gasteiger partial charge in [0, 0.05) is 24.1 Å². The van der Waals surface area contributed by atoms with Gasteiger partial charge in [-0.15, -0.1) is 0 Å². The highest BCUT2D eigenvalue weighted by atomic mass is 16.2. The van der Waals surface area contributed by atoms with E-state index in [1.54, 1.807) is 17.9 Å². The Balaban J connectivity index is 1.38. The molecule has 3 heterocycles. The minimum absolute atomic E-state index is 0.179. The maximum Gasteiger partial charge on any atom is 0.261 e. The summed E-state index contributed by atoms with van der Waals surface area (Å²) in [6.07, 6.45) is 5.75. The Bertz CT molecular complexity index is 1280. The lowest BCUT2D eigenvalue weighted by Crippen LogP contribution is -2.35. The molecule has 0 unspecified atom stereocenters. The van der Waals surface area contributed by atoms with Crippen LogP contribution in [0.25, 0.3) is 0 Å². The molecule has 2 aromatic heterocycles. The molecular formula is C25H25N5O3. The van der Waals surface area contributed by atoms with Gasteiger partial charge in [-0.3, -0.25) is 14.4 Å². The molecular weight excluding hydrogens is 418 g/mol. The van der Waals surface area contributed by atoms with Crippen molar-refractivity contribution in [1.29, 1.82) is 0 Å². The zero-order valence-corrected chi connectivity index (χ0v) is 18.4. The van der Waals surface area contributed by atoms with Gasteiger partial charge >= 0.3 is 0 Å². The van der Waals surface area contributed by atoms with Gasteiger partial charge in [-0.1, -0.05) is 18.2 Å². The van der Waals surface area contributed by atoms with Crippen LogP contribution in [0, 0.1) is 6.92 Å². The SMILES string of the molecule is Cc1nc([C@@H]2CCCN2C(=O)c2cc3c([nH]c2=O)CCC3)ncc1C(=O)Nc1ccccc1. The van der Waals surface area contributed by atoms with Crippen molar-refractivity contribution in [3.63, 3.8) is 0 Å². The van der Waals surface area contributed by atoms with Crippen molar-refractivity contribution in [2.75, 3.05) is 11.9 Å². The first-order chi connectivity index (χ1) is 16.0. The lowest BCUT2D eigenvalue weighted by Gasteiger charge is -2.24. The molecule has 2 aliphatic rings. The molecule has 3 aromatic rings. The largest absolute Gasteiger partial charge is 0.328 e. The normalized spacial score (nSPS) is 17.1. The summed E-state index contributed by atoms with van der Waals surface area (Å²) in [6.45, 7) is 2.30. The number of hydrogen-bond donors (Lipinski definition) is 2. The van der Waals surface area contributed by atoms with Gasteiger partial charge in [0.25, 0.3) is 17.4 Å². The number of nitrogens with one attached hydrogen (secondary N) is 2. The molecule has 1 aromatic carbocycles. The lowest BCUT2D eigenvalue weighted by molar-refractivity contribution is 0.0727. The van der Waals surface area contributed by atoms with Gasteiger partial charge < -0.3 is 15.2 Å². The molecule has 8 heteroatoms. The number of carbonyl (C=O) groups is 2. The minimum Gasteiger partial charge on any atom is -0.328 e. The Labute approximate surface area is 191 Å². The average molecular weight is 444 g/mol. The van der Waals surface area contributed by atoms with E-state index in [0.717, 1.165) is 36.9 Å². The molecule has 1 atom stereocenters. The number of rotatable bonds is 4. The quantitative estimate of drug-likeness (QED) is 0.644. The van der Waals surface area contributed by atoms with Gasteiger partial charge in [-0.05, 0) is 62.8 Å². The van der Waals surface area contributed by atoms with E-state index in [9.17, 15) is 14.4 Å². The van der Waals surface area contributed by atoms with E-state index in [4.69, 9.17) is 0 Å². The second-order valence-electron chi connectivity index (χ2n) is 8.57. The lowest BCUT2D eigenvalue weighted by atomic mass is 10.1. The Morgan fingerprint density at radius 1 is 1.12 bits per heavy atom. The smallest absolute Gasteiger partial charge is 0.261 e. The van der Waals surface area contributed by atoms with Crippen LogP contribution in [-0.4, -0.2) is 38.2 Å². The standard InChI is InChI=1S/C25H25N5O3/c1-15-19(24(32)28-17-8-3-2-4-9-17)14-26-22(27-15)21-11-6-12-30(21)25(33)18-13-16-7-5-10-20(16)29-23(18)31/h2-4,8-9,13-14,21H,5-7,10-12H2,1H3,(H,28,32)(H,29,31)/t21-/m0/s1. The van der Waals surface area contributed by atoms with Crippen molar-refractivity contribution in [2.24, 2.45) is 0 Å². The third-order valence-corrected chi connectivity index (χ3v) is 6.40. The Morgan fingerprint density at radius 2 is 1.94 bits per heavy atom. The molecule has 1 fully saturated rings. The first kappa shape index (κ1) is 21.1. The van der Waals surface area contributed by atoms with Crippen LogP contribution in [-0.2, 0) is 12.8 Å². The van der Waals surface area contributed by atoms with Crippen molar-refractivity contribution in [2.45, 2.75) is 45.1 Å². The number of anilines is 1. The predicted molar refractivity (Wildman–Crippen MR) is 123 cm³/mol. The van der Waals surface area contributed by atoms with Gasteiger partial charge in [0.2, 0.25) is 0 Å². The molecule has 1 saturated heterocycles. The van der Waals surface area contributed by atoms with E-state index in [1.165, 1.54) is 6.20 Å². The number of para-hydroxylation sites is 1. The van der Waals surface area contributed by atoms with Crippen LogP contribution in [0.4, 0.5) is 5.69 Å². The molecule has 2 N–H and O–H groups in total. The highest BCUT2D eigenvalue weighted by Crippen LogP contribution is 2.31. The van der Waals surface area contributed by atoms with Gasteiger partial charge in [0.15, 0.2) is 5.82 Å². The summed E-state index contributed by atoms with van der Waals surface area (Å²) in [5.41, 5.74) is 3.46. The summed E-state index contributed by atoms with van der Waals surface area (Å²) in [6, 6.07) is 10.6. The average Bonchev–Trinajstić information content (AvgIpc) is 3.48. The third-order valence-electron chi connectivity index (χ3n) is 6.40. The summed E-state index contributed by atoms with van der Waals surface area (Å²) in [5.74, 6) is -0.0814. The third kappa shape index (κ3) is 4.04. The highest BCUT2D eigenvalue weighted by Gasteiger charge is 2.34. The number of fused-ring (bicyclic) bond motifs is 1. The van der Waals surface area contributed by atoms with Gasteiger partial charge in [0.05, 0.1) is 17.3 Å². The maximum absolute atomic E-state index is 13.3. The molecule has 5 rings (SSSR count). The van der Waals surface area contributed by atoms with Crippen LogP contribution in [0.3, 0.4) is 0 Å². The van der Waals surface area contributed by atoms with Crippen molar-refractivity contribution in [3.05, 3.63) is 86.9 Å². The van der Waals surface area contributed by atoms with Crippen molar-refractivity contribution in [3.8, 4) is 0 Å². The summed E-state index contributed by atoms with van der Waals surface area (Å²) in [4.78, 5) is 52.1. The van der Waals surface area contributed by atoms with Gasteiger partial charge in [0.1, 0.15) is 5.56 Å². The van der Waals surface area contributed by atoms with E-state index in [-0.39, 0.29) is 29.0 Å². The molecule has 0 bridgehead atoms. The Morgan fingerprint density at radius 3 is 2.73 bits per heavy atom. The second kappa shape index (κ2) is 8.61. The van der Waals surface area contributed by atoms with Crippen LogP contribution in [0.2, 0.25) is 0 Å². The minimum atomic E-state index is -0.337. The molecule has 168 valence electrons. The molecule has 33 heavy (non-hydrogen) atoms. The molecule has 2 amide bonds. The summed E-state index contributed by atoms with van der Waals surface area (Å²) in [5, 5.41) is 2.84. The topological polar surface area (TPSA) is 108 Å². The van der Waals surface area contributed by atoms with E-state index in [1.807, 2.05) is 30.3 Å². The molecule has 1 aliphatic heterocycles. The van der Waals surface area contributed by atoms with Crippen molar-refractivity contribution >= 4 is 17.5 Å². The van der Waals surface area contributed by atoms with Crippen molar-refractivity contribution in [1.82, 2.24) is 19.9 Å². The molecule has 0 saturated carbocycles. The fourth-order valence-electron chi connectivity index (χ4n) is 4.69. The number of benzene rings is 1. The van der Waals surface area contributed by atoms with E-state index >= 15 is 0 Å². The monoisotopic (exact) mass is 443 g/mol. The number of aromatic nitrogens is 3. The summed E-state index contributed by atoms with van der Waals surface area (Å²) >= 11 is 0. The summed E-state index contributed by atoms with van der Waals surface area (Å²) < 4.78 is 0. The van der Waals surface area contributed by atoms with Crippen LogP contribution < -0.4 is 10.9 Å². The number of amides is 2. The Kier molecular flexibility index (Phi) is 5.50. The number of H-pyrrole nitrogens is 1. The van der Waals surface area contributed by atoms with Crippen LogP contribution in [0.1, 0.15) is 68.8 Å². The highest BCUT2D eigenvalue weighted by molar-refractivity contribution is 6.04. The Hall–Kier alpha value is -3.81. The van der Waals surface area contributed by atoms with E-state index < -0.39 is 0 Å².